The summed E-state index contributed by atoms with van der Waals surface area (Å²) >= 11 is 5.13. The minimum absolute atomic E-state index is 0.0884. The molecule has 22 heavy (non-hydrogen) atoms. The van der Waals surface area contributed by atoms with Crippen LogP contribution < -0.4 is 5.32 Å². The summed E-state index contributed by atoms with van der Waals surface area (Å²) in [4.78, 5) is 8.69. The third-order valence-electron chi connectivity index (χ3n) is 3.26. The molecule has 3 atom stereocenters. The lowest BCUT2D eigenvalue weighted by molar-refractivity contribution is 0.365. The normalized spacial score (nSPS) is 15.2. The molecule has 0 aliphatic carbocycles. The van der Waals surface area contributed by atoms with Gasteiger partial charge in [-0.05, 0) is 42.7 Å². The Morgan fingerprint density at radius 1 is 1.23 bits per heavy atom. The predicted molar refractivity (Wildman–Crippen MR) is 87.4 cm³/mol. The molecule has 0 radical (unpaired) electrons. The van der Waals surface area contributed by atoms with E-state index < -0.39 is 17.3 Å². The smallest absolute Gasteiger partial charge is 0.152 e. The lowest BCUT2D eigenvalue weighted by Crippen LogP contribution is -2.10. The molecule has 7 heteroatoms. The van der Waals surface area contributed by atoms with Gasteiger partial charge in [-0.1, -0.05) is 23.7 Å². The molecule has 1 aromatic heterocycles. The largest absolute Gasteiger partial charge is 0.612 e. The van der Waals surface area contributed by atoms with Gasteiger partial charge in [0.05, 0.1) is 5.69 Å². The molecular weight excluding hydrogens is 325 g/mol. The molecule has 1 N–H and O–H groups in total. The molecule has 0 saturated heterocycles. The van der Waals surface area contributed by atoms with Gasteiger partial charge in [-0.15, -0.1) is 0 Å². The topological polar surface area (TPSA) is 60.9 Å². The van der Waals surface area contributed by atoms with E-state index in [4.69, 9.17) is 11.6 Å². The van der Waals surface area contributed by atoms with Gasteiger partial charge in [0.2, 0.25) is 0 Å². The lowest BCUT2D eigenvalue weighted by atomic mass is 10.1. The fraction of sp³-hybridized carbons (Fsp3) is 0.333. The first-order valence-corrected chi connectivity index (χ1v) is 8.68. The molecule has 118 valence electrons. The maximum absolute atomic E-state index is 13.4. The van der Waals surface area contributed by atoms with Crippen LogP contribution in [0.15, 0.2) is 35.5 Å². The van der Waals surface area contributed by atoms with Crippen LogP contribution in [0.4, 0.5) is 10.2 Å². The van der Waals surface area contributed by atoms with Crippen LogP contribution in [0.5, 0.6) is 0 Å². The zero-order valence-corrected chi connectivity index (χ0v) is 14.1. The van der Waals surface area contributed by atoms with Gasteiger partial charge in [-0.25, -0.2) is 14.4 Å². The van der Waals surface area contributed by atoms with Crippen LogP contribution in [0.1, 0.15) is 37.3 Å². The van der Waals surface area contributed by atoms with Crippen LogP contribution in [0.2, 0.25) is 5.02 Å². The second-order valence-electron chi connectivity index (χ2n) is 4.93. The zero-order chi connectivity index (χ0) is 16.3. The number of halogens is 2. The summed E-state index contributed by atoms with van der Waals surface area (Å²) in [6, 6.07) is 7.33. The average Bonchev–Trinajstić information content (AvgIpc) is 2.49. The quantitative estimate of drug-likeness (QED) is 0.833. The molecule has 3 unspecified atom stereocenters. The lowest BCUT2D eigenvalue weighted by Gasteiger charge is -2.17. The molecule has 0 spiro atoms. The molecule has 4 nitrogen and oxygen atoms in total. The molecule has 0 saturated carbocycles. The van der Waals surface area contributed by atoms with Crippen molar-refractivity contribution in [3.63, 3.8) is 0 Å². The van der Waals surface area contributed by atoms with E-state index in [0.29, 0.717) is 5.82 Å². The predicted octanol–water partition coefficient (Wildman–Crippen LogP) is 4.07. The van der Waals surface area contributed by atoms with Crippen molar-refractivity contribution in [3.05, 3.63) is 46.9 Å². The maximum atomic E-state index is 13.4. The highest BCUT2D eigenvalue weighted by molar-refractivity contribution is 7.90. The molecule has 0 bridgehead atoms. The first kappa shape index (κ1) is 17.0. The molecule has 2 aromatic rings. The molecule has 0 amide bonds. The molecule has 0 aliphatic rings. The number of alkyl halides is 1. The van der Waals surface area contributed by atoms with Gasteiger partial charge in [-0.3, -0.25) is 0 Å². The Hall–Kier alpha value is -1.37. The number of aromatic nitrogens is 2. The summed E-state index contributed by atoms with van der Waals surface area (Å²) in [6.07, 6.45) is 1.66. The minimum Gasteiger partial charge on any atom is -0.612 e. The van der Waals surface area contributed by atoms with Crippen molar-refractivity contribution in [1.82, 2.24) is 9.97 Å². The van der Waals surface area contributed by atoms with Gasteiger partial charge in [0.15, 0.2) is 4.90 Å². The second kappa shape index (κ2) is 7.26. The standard InChI is InChI=1S/C15H17ClFN3OS/c1-9(17)14-13(16)15(19-8-18-14)20-10(2)11-4-6-12(7-5-11)22(3)21/h4-10H,1-3H3,(H,18,19,20). The average molecular weight is 342 g/mol. The van der Waals surface area contributed by atoms with Gasteiger partial charge in [0.25, 0.3) is 0 Å². The molecule has 1 heterocycles. The molecule has 1 aromatic carbocycles. The van der Waals surface area contributed by atoms with Crippen LogP contribution in [-0.4, -0.2) is 20.8 Å². The summed E-state index contributed by atoms with van der Waals surface area (Å²) in [5.41, 5.74) is 1.15. The van der Waals surface area contributed by atoms with E-state index in [1.165, 1.54) is 13.3 Å². The van der Waals surface area contributed by atoms with E-state index in [2.05, 4.69) is 15.3 Å². The van der Waals surface area contributed by atoms with Crippen molar-refractivity contribution in [3.8, 4) is 0 Å². The van der Waals surface area contributed by atoms with E-state index in [1.807, 2.05) is 31.2 Å². The Bertz CT molecular complexity index is 637. The zero-order valence-electron chi connectivity index (χ0n) is 12.5. The maximum Gasteiger partial charge on any atom is 0.152 e. The minimum atomic E-state index is -1.26. The van der Waals surface area contributed by atoms with Gasteiger partial charge in [0.1, 0.15) is 29.6 Å². The Morgan fingerprint density at radius 2 is 1.86 bits per heavy atom. The third-order valence-corrected chi connectivity index (χ3v) is 4.57. The molecule has 0 fully saturated rings. The summed E-state index contributed by atoms with van der Waals surface area (Å²) in [5.74, 6) is 0.395. The number of nitrogens with one attached hydrogen (secondary N) is 1. The Morgan fingerprint density at radius 3 is 2.41 bits per heavy atom. The van der Waals surface area contributed by atoms with Crippen LogP contribution in [0.3, 0.4) is 0 Å². The van der Waals surface area contributed by atoms with Gasteiger partial charge in [0, 0.05) is 6.04 Å². The van der Waals surface area contributed by atoms with E-state index in [0.717, 1.165) is 10.5 Å². The molecule has 2 rings (SSSR count). The van der Waals surface area contributed by atoms with Gasteiger partial charge >= 0.3 is 0 Å². The summed E-state index contributed by atoms with van der Waals surface area (Å²) in [6.45, 7) is 3.32. The summed E-state index contributed by atoms with van der Waals surface area (Å²) < 4.78 is 24.8. The highest BCUT2D eigenvalue weighted by atomic mass is 35.5. The van der Waals surface area contributed by atoms with E-state index in [1.54, 1.807) is 6.26 Å². The highest BCUT2D eigenvalue weighted by Gasteiger charge is 2.16. The number of hydrogen-bond acceptors (Lipinski definition) is 4. The number of nitrogens with zero attached hydrogens (tertiary/aromatic N) is 2. The highest BCUT2D eigenvalue weighted by Crippen LogP contribution is 2.30. The van der Waals surface area contributed by atoms with E-state index >= 15 is 0 Å². The number of rotatable bonds is 5. The SMILES string of the molecule is CC(F)c1ncnc(NC(C)c2ccc([S+](C)[O-])cc2)c1Cl. The van der Waals surface area contributed by atoms with Gasteiger partial charge < -0.3 is 9.87 Å². The number of anilines is 1. The Labute approximate surface area is 137 Å². The van der Waals surface area contributed by atoms with Crippen molar-refractivity contribution in [2.24, 2.45) is 0 Å². The first-order chi connectivity index (χ1) is 10.4. The van der Waals surface area contributed by atoms with Crippen molar-refractivity contribution in [1.29, 1.82) is 0 Å². The van der Waals surface area contributed by atoms with Crippen molar-refractivity contribution in [2.75, 3.05) is 11.6 Å². The third kappa shape index (κ3) is 3.88. The fourth-order valence-corrected chi connectivity index (χ4v) is 2.82. The van der Waals surface area contributed by atoms with Crippen LogP contribution in [0.25, 0.3) is 0 Å². The molecular formula is C15H17ClFN3OS. The molecule has 0 aliphatic heterocycles. The Kier molecular flexibility index (Phi) is 5.61. The summed E-state index contributed by atoms with van der Waals surface area (Å²) in [7, 11) is 0. The summed E-state index contributed by atoms with van der Waals surface area (Å²) in [5, 5.41) is 3.34. The number of hydrogen-bond donors (Lipinski definition) is 1. The van der Waals surface area contributed by atoms with Gasteiger partial charge in [-0.2, -0.15) is 0 Å². The van der Waals surface area contributed by atoms with E-state index in [9.17, 15) is 8.94 Å². The van der Waals surface area contributed by atoms with Crippen molar-refractivity contribution < 1.29 is 8.94 Å². The van der Waals surface area contributed by atoms with Crippen molar-refractivity contribution in [2.45, 2.75) is 31.0 Å². The number of benzene rings is 1. The van der Waals surface area contributed by atoms with Crippen LogP contribution in [-0.2, 0) is 11.2 Å². The van der Waals surface area contributed by atoms with E-state index in [-0.39, 0.29) is 16.8 Å². The first-order valence-electron chi connectivity index (χ1n) is 6.74. The van der Waals surface area contributed by atoms with Crippen molar-refractivity contribution >= 4 is 28.6 Å². The van der Waals surface area contributed by atoms with Crippen LogP contribution >= 0.6 is 11.6 Å². The second-order valence-corrected chi connectivity index (χ2v) is 6.68. The Balaban J connectivity index is 2.18. The monoisotopic (exact) mass is 341 g/mol. The van der Waals surface area contributed by atoms with Crippen LogP contribution in [0, 0.1) is 0 Å². The fourth-order valence-electron chi connectivity index (χ4n) is 2.00.